The standard InChI is InChI=1S/C22H25N3O5/c1-27-17-12-15(13-18(28-2)21(17)29-3)14-23-19(26)10-7-11-20-24-25-22(30-20)16-8-5-4-6-9-16/h4-6,8-9,12-13H,7,10-11,14H2,1-3H3,(H,23,26). The van der Waals surface area contributed by atoms with Crippen LogP contribution in [0.3, 0.4) is 0 Å². The number of aryl methyl sites for hydroxylation is 1. The van der Waals surface area contributed by atoms with Crippen molar-refractivity contribution < 1.29 is 23.4 Å². The molecule has 0 fully saturated rings. The van der Waals surface area contributed by atoms with E-state index in [0.717, 1.165) is 11.1 Å². The van der Waals surface area contributed by atoms with Crippen LogP contribution in [0.4, 0.5) is 0 Å². The molecule has 0 aliphatic rings. The number of amides is 1. The van der Waals surface area contributed by atoms with Gasteiger partial charge in [0.15, 0.2) is 11.5 Å². The summed E-state index contributed by atoms with van der Waals surface area (Å²) in [6.07, 6.45) is 1.50. The molecule has 1 N–H and O–H groups in total. The van der Waals surface area contributed by atoms with Crippen LogP contribution in [0.1, 0.15) is 24.3 Å². The molecule has 8 heteroatoms. The highest BCUT2D eigenvalue weighted by Crippen LogP contribution is 2.38. The molecule has 8 nitrogen and oxygen atoms in total. The lowest BCUT2D eigenvalue weighted by Gasteiger charge is -2.14. The van der Waals surface area contributed by atoms with Gasteiger partial charge in [0.1, 0.15) is 0 Å². The van der Waals surface area contributed by atoms with E-state index in [9.17, 15) is 4.79 Å². The van der Waals surface area contributed by atoms with E-state index in [1.165, 1.54) is 0 Å². The summed E-state index contributed by atoms with van der Waals surface area (Å²) < 4.78 is 21.6. The van der Waals surface area contributed by atoms with Crippen molar-refractivity contribution in [1.29, 1.82) is 0 Å². The summed E-state index contributed by atoms with van der Waals surface area (Å²) in [7, 11) is 4.66. The van der Waals surface area contributed by atoms with Crippen LogP contribution < -0.4 is 19.5 Å². The molecule has 0 saturated carbocycles. The summed E-state index contributed by atoms with van der Waals surface area (Å²) in [5, 5.41) is 11.0. The van der Waals surface area contributed by atoms with Crippen LogP contribution in [-0.2, 0) is 17.8 Å². The van der Waals surface area contributed by atoms with Crippen LogP contribution in [0.2, 0.25) is 0 Å². The largest absolute Gasteiger partial charge is 0.493 e. The van der Waals surface area contributed by atoms with Crippen LogP contribution >= 0.6 is 0 Å². The highest BCUT2D eigenvalue weighted by molar-refractivity contribution is 5.75. The predicted molar refractivity (Wildman–Crippen MR) is 111 cm³/mol. The van der Waals surface area contributed by atoms with Crippen LogP contribution in [-0.4, -0.2) is 37.4 Å². The van der Waals surface area contributed by atoms with E-state index in [4.69, 9.17) is 18.6 Å². The van der Waals surface area contributed by atoms with Gasteiger partial charge in [-0.15, -0.1) is 10.2 Å². The van der Waals surface area contributed by atoms with Gasteiger partial charge in [0.25, 0.3) is 0 Å². The average molecular weight is 411 g/mol. The summed E-state index contributed by atoms with van der Waals surface area (Å²) in [5.74, 6) is 2.55. The van der Waals surface area contributed by atoms with Crippen molar-refractivity contribution in [3.05, 3.63) is 53.9 Å². The molecule has 1 heterocycles. The van der Waals surface area contributed by atoms with Gasteiger partial charge in [0.2, 0.25) is 23.4 Å². The first-order valence-corrected chi connectivity index (χ1v) is 9.58. The zero-order valence-electron chi connectivity index (χ0n) is 17.3. The number of carbonyl (C=O) groups excluding carboxylic acids is 1. The number of benzene rings is 2. The second-order valence-electron chi connectivity index (χ2n) is 6.53. The zero-order valence-corrected chi connectivity index (χ0v) is 17.3. The molecule has 0 spiro atoms. The molecular formula is C22H25N3O5. The highest BCUT2D eigenvalue weighted by Gasteiger charge is 2.14. The molecule has 3 rings (SSSR count). The third-order valence-electron chi connectivity index (χ3n) is 4.50. The molecule has 1 amide bonds. The maximum atomic E-state index is 12.2. The van der Waals surface area contributed by atoms with Gasteiger partial charge in [-0.3, -0.25) is 4.79 Å². The fourth-order valence-corrected chi connectivity index (χ4v) is 2.98. The van der Waals surface area contributed by atoms with Crippen molar-refractivity contribution in [2.45, 2.75) is 25.8 Å². The highest BCUT2D eigenvalue weighted by atomic mass is 16.5. The lowest BCUT2D eigenvalue weighted by molar-refractivity contribution is -0.121. The van der Waals surface area contributed by atoms with Gasteiger partial charge < -0.3 is 23.9 Å². The Morgan fingerprint density at radius 3 is 2.33 bits per heavy atom. The van der Waals surface area contributed by atoms with E-state index < -0.39 is 0 Å². The number of carbonyl (C=O) groups is 1. The molecule has 0 atom stereocenters. The number of rotatable bonds is 10. The van der Waals surface area contributed by atoms with Crippen LogP contribution in [0.5, 0.6) is 17.2 Å². The Balaban J connectivity index is 1.48. The van der Waals surface area contributed by atoms with Gasteiger partial charge in [0, 0.05) is 24.9 Å². The quantitative estimate of drug-likeness (QED) is 0.546. The molecule has 0 aliphatic heterocycles. The molecule has 30 heavy (non-hydrogen) atoms. The number of methoxy groups -OCH3 is 3. The van der Waals surface area contributed by atoms with E-state index in [1.54, 1.807) is 21.3 Å². The first-order valence-electron chi connectivity index (χ1n) is 9.58. The van der Waals surface area contributed by atoms with Gasteiger partial charge in [-0.1, -0.05) is 18.2 Å². The molecule has 3 aromatic rings. The average Bonchev–Trinajstić information content (AvgIpc) is 3.26. The molecule has 0 saturated heterocycles. The normalized spacial score (nSPS) is 10.5. The van der Waals surface area contributed by atoms with Gasteiger partial charge in [-0.2, -0.15) is 0 Å². The van der Waals surface area contributed by atoms with Crippen molar-refractivity contribution in [2.24, 2.45) is 0 Å². The minimum Gasteiger partial charge on any atom is -0.493 e. The summed E-state index contributed by atoms with van der Waals surface area (Å²) in [4.78, 5) is 12.2. The smallest absolute Gasteiger partial charge is 0.247 e. The number of ether oxygens (including phenoxy) is 3. The summed E-state index contributed by atoms with van der Waals surface area (Å²) in [5.41, 5.74) is 1.72. The third-order valence-corrected chi connectivity index (χ3v) is 4.50. The first kappa shape index (κ1) is 21.2. The van der Waals surface area contributed by atoms with Gasteiger partial charge in [0.05, 0.1) is 21.3 Å². The maximum absolute atomic E-state index is 12.2. The lowest BCUT2D eigenvalue weighted by atomic mass is 10.1. The Bertz CT molecular complexity index is 947. The van der Waals surface area contributed by atoms with Gasteiger partial charge >= 0.3 is 0 Å². The number of hydrogen-bond acceptors (Lipinski definition) is 7. The third kappa shape index (κ3) is 5.28. The Hall–Kier alpha value is -3.55. The number of aromatic nitrogens is 2. The van der Waals surface area contributed by atoms with Crippen LogP contribution in [0.25, 0.3) is 11.5 Å². The molecule has 0 aliphatic carbocycles. The van der Waals surface area contributed by atoms with Crippen LogP contribution in [0.15, 0.2) is 46.9 Å². The Morgan fingerprint density at radius 1 is 1.00 bits per heavy atom. The topological polar surface area (TPSA) is 95.7 Å². The van der Waals surface area contributed by atoms with Crippen molar-refractivity contribution in [1.82, 2.24) is 15.5 Å². The predicted octanol–water partition coefficient (Wildman–Crippen LogP) is 3.40. The monoisotopic (exact) mass is 411 g/mol. The Labute approximate surface area is 175 Å². The molecule has 1 aromatic heterocycles. The second-order valence-corrected chi connectivity index (χ2v) is 6.53. The van der Waals surface area contributed by atoms with E-state index in [0.29, 0.717) is 54.8 Å². The van der Waals surface area contributed by atoms with E-state index >= 15 is 0 Å². The Morgan fingerprint density at radius 2 is 1.70 bits per heavy atom. The molecule has 0 unspecified atom stereocenters. The van der Waals surface area contributed by atoms with Crippen molar-refractivity contribution in [3.63, 3.8) is 0 Å². The minimum atomic E-state index is -0.0634. The summed E-state index contributed by atoms with van der Waals surface area (Å²) in [6.45, 7) is 0.355. The van der Waals surface area contributed by atoms with Crippen molar-refractivity contribution in [3.8, 4) is 28.7 Å². The molecular weight excluding hydrogens is 386 g/mol. The Kier molecular flexibility index (Phi) is 7.26. The fraction of sp³-hybridized carbons (Fsp3) is 0.318. The molecule has 0 radical (unpaired) electrons. The first-order chi connectivity index (χ1) is 14.6. The summed E-state index contributed by atoms with van der Waals surface area (Å²) in [6, 6.07) is 13.2. The van der Waals surface area contributed by atoms with Crippen LogP contribution in [0, 0.1) is 0 Å². The second kappa shape index (κ2) is 10.3. The van der Waals surface area contributed by atoms with Crippen molar-refractivity contribution in [2.75, 3.05) is 21.3 Å². The number of nitrogens with one attached hydrogen (secondary N) is 1. The maximum Gasteiger partial charge on any atom is 0.247 e. The van der Waals surface area contributed by atoms with E-state index in [2.05, 4.69) is 15.5 Å². The van der Waals surface area contributed by atoms with E-state index in [-0.39, 0.29) is 5.91 Å². The summed E-state index contributed by atoms with van der Waals surface area (Å²) >= 11 is 0. The van der Waals surface area contributed by atoms with Gasteiger partial charge in [-0.05, 0) is 36.2 Å². The van der Waals surface area contributed by atoms with E-state index in [1.807, 2.05) is 42.5 Å². The molecule has 2 aromatic carbocycles. The zero-order chi connectivity index (χ0) is 21.3. The van der Waals surface area contributed by atoms with Gasteiger partial charge in [-0.25, -0.2) is 0 Å². The molecule has 0 bridgehead atoms. The SMILES string of the molecule is COc1cc(CNC(=O)CCCc2nnc(-c3ccccc3)o2)cc(OC)c1OC. The number of nitrogens with zero attached hydrogens (tertiary/aromatic N) is 2. The fourth-order valence-electron chi connectivity index (χ4n) is 2.98. The molecule has 158 valence electrons. The minimum absolute atomic E-state index is 0.0634. The lowest BCUT2D eigenvalue weighted by Crippen LogP contribution is -2.22. The van der Waals surface area contributed by atoms with Crippen molar-refractivity contribution >= 4 is 5.91 Å². The number of hydrogen-bond donors (Lipinski definition) is 1.